The molecule has 14 rings (SSSR count). The molecule has 0 saturated carbocycles. The van der Waals surface area contributed by atoms with Crippen LogP contribution >= 0.6 is 11.6 Å². The Morgan fingerprint density at radius 1 is 0.692 bits per heavy atom. The lowest BCUT2D eigenvalue weighted by Crippen LogP contribution is -2.64. The number of carbonyl (C=O) groups excluding carboxylic acids is 8. The maximum Gasteiger partial charge on any atom is 0.248 e. The molecule has 0 aliphatic carbocycles. The van der Waals surface area contributed by atoms with Crippen molar-refractivity contribution < 1.29 is 122 Å². The lowest BCUT2D eigenvalue weighted by atomic mass is 9.86. The van der Waals surface area contributed by atoms with Crippen molar-refractivity contribution in [1.82, 2.24) is 47.4 Å². The van der Waals surface area contributed by atoms with Gasteiger partial charge in [0.05, 0.1) is 48.5 Å². The number of ether oxygens (including phenoxy) is 8. The third kappa shape index (κ3) is 19.9. The van der Waals surface area contributed by atoms with Gasteiger partial charge >= 0.3 is 0 Å². The quantitative estimate of drug-likeness (QED) is 0.0513. The van der Waals surface area contributed by atoms with E-state index in [2.05, 4.69) is 54.4 Å². The topological polar surface area (TPSA) is 570 Å². The Hall–Kier alpha value is -9.65. The van der Waals surface area contributed by atoms with E-state index in [0.29, 0.717) is 13.0 Å². The fraction of sp³-hybridized carbons (Fsp3) is 0.537. The predicted octanol–water partition coefficient (Wildman–Crippen LogP) is 0.986. The highest BCUT2D eigenvalue weighted by molar-refractivity contribution is 6.32. The lowest BCUT2D eigenvalue weighted by molar-refractivity contribution is -0.333. The molecule has 120 heavy (non-hydrogen) atoms. The van der Waals surface area contributed by atoms with Crippen molar-refractivity contribution in [3.63, 3.8) is 0 Å². The van der Waals surface area contributed by atoms with Crippen molar-refractivity contribution in [3.8, 4) is 57.1 Å². The van der Waals surface area contributed by atoms with E-state index in [1.807, 2.05) is 13.8 Å². The van der Waals surface area contributed by atoms with Gasteiger partial charge in [-0.2, -0.15) is 0 Å². The third-order valence-corrected chi connectivity index (χ3v) is 23.2. The van der Waals surface area contributed by atoms with Crippen LogP contribution in [0.3, 0.4) is 0 Å². The van der Waals surface area contributed by atoms with Crippen molar-refractivity contribution >= 4 is 58.9 Å². The second kappa shape index (κ2) is 37.4. The van der Waals surface area contributed by atoms with E-state index >= 15 is 28.8 Å². The number of hydrogen-bond acceptors (Lipinski definition) is 29. The first-order chi connectivity index (χ1) is 56.8. The number of nitrogens with two attached hydrogens (primary N) is 3. The zero-order valence-corrected chi connectivity index (χ0v) is 68.1. The van der Waals surface area contributed by atoms with E-state index in [9.17, 15) is 55.5 Å². The summed E-state index contributed by atoms with van der Waals surface area (Å²) >= 11 is 7.19. The van der Waals surface area contributed by atoms with Crippen LogP contribution in [0.5, 0.6) is 46.0 Å². The number of aliphatic hydroxyl groups excluding tert-OH is 6. The van der Waals surface area contributed by atoms with Crippen LogP contribution in [0.1, 0.15) is 158 Å². The molecule has 9 aliphatic rings. The highest BCUT2D eigenvalue weighted by Crippen LogP contribution is 2.50. The molecule has 38 heteroatoms. The number of phenols is 3. The van der Waals surface area contributed by atoms with Crippen molar-refractivity contribution in [2.45, 2.75) is 239 Å². The number of fused-ring (bicyclic) bond motifs is 15. The summed E-state index contributed by atoms with van der Waals surface area (Å²) in [5.74, 6) is -13.9. The molecule has 5 aromatic carbocycles. The van der Waals surface area contributed by atoms with Crippen LogP contribution in [0.25, 0.3) is 11.1 Å². The summed E-state index contributed by atoms with van der Waals surface area (Å²) < 4.78 is 52.4. The number of aromatic hydroxyl groups is 3. The molecule has 0 radical (unpaired) electrons. The average Bonchev–Trinajstić information content (AvgIpc) is 0.761. The van der Waals surface area contributed by atoms with Gasteiger partial charge in [0.2, 0.25) is 59.3 Å². The van der Waals surface area contributed by atoms with Crippen molar-refractivity contribution in [2.75, 3.05) is 33.3 Å². The molecular formula is C82H107ClN12O25. The highest BCUT2D eigenvalue weighted by atomic mass is 35.5. The normalized spacial score (nSPS) is 32.1. The summed E-state index contributed by atoms with van der Waals surface area (Å²) in [4.78, 5) is 125. The fourth-order valence-electron chi connectivity index (χ4n) is 16.3. The Morgan fingerprint density at radius 2 is 1.32 bits per heavy atom. The molecular weight excluding hydrogens is 1590 g/mol. The van der Waals surface area contributed by atoms with Gasteiger partial charge < -0.3 is 148 Å². The zero-order chi connectivity index (χ0) is 86.8. The number of aliphatic hydroxyl groups is 6. The van der Waals surface area contributed by atoms with Gasteiger partial charge in [-0.05, 0) is 162 Å². The number of hydrogen-bond donors (Lipinski definition) is 20. The Morgan fingerprint density at radius 3 is 1.96 bits per heavy atom. The smallest absolute Gasteiger partial charge is 0.248 e. The Kier molecular flexibility index (Phi) is 27.9. The second-order valence-electron chi connectivity index (χ2n) is 32.8. The van der Waals surface area contributed by atoms with Crippen molar-refractivity contribution in [2.24, 2.45) is 23.1 Å². The van der Waals surface area contributed by atoms with Crippen LogP contribution in [0.2, 0.25) is 5.02 Å². The molecule has 4 fully saturated rings. The molecule has 4 saturated heterocycles. The van der Waals surface area contributed by atoms with Gasteiger partial charge in [-0.1, -0.05) is 56.1 Å². The number of phenolic OH excluding ortho intramolecular Hbond substituents is 3. The van der Waals surface area contributed by atoms with Crippen LogP contribution in [0, 0.1) is 5.92 Å². The summed E-state index contributed by atoms with van der Waals surface area (Å²) in [6.45, 7) is 12.3. The Bertz CT molecular complexity index is 4620. The van der Waals surface area contributed by atoms with Gasteiger partial charge in [0.25, 0.3) is 0 Å². The number of likely N-dealkylation sites (N-methyl/N-ethyl adjacent to an activating group) is 1. The molecule has 8 amide bonds. The number of piperidine rings is 1. The first-order valence-electron chi connectivity index (χ1n) is 40.0. The van der Waals surface area contributed by atoms with E-state index in [1.165, 1.54) is 77.2 Å². The molecule has 5 aromatic rings. The fourth-order valence-corrected chi connectivity index (χ4v) is 16.5. The monoisotopic (exact) mass is 1690 g/mol. The van der Waals surface area contributed by atoms with E-state index in [4.69, 9.17) is 66.7 Å². The van der Waals surface area contributed by atoms with E-state index < -0.39 is 234 Å². The van der Waals surface area contributed by atoms with Crippen LogP contribution in [-0.4, -0.2) is 240 Å². The highest BCUT2D eigenvalue weighted by Gasteiger charge is 2.53. The number of rotatable bonds is 19. The molecule has 0 aromatic heterocycles. The van der Waals surface area contributed by atoms with E-state index in [1.54, 1.807) is 0 Å². The number of likely N-dealkylation sites (tertiary alicyclic amines) is 1. The van der Waals surface area contributed by atoms with Crippen LogP contribution in [-0.2, 0) is 62.0 Å². The summed E-state index contributed by atoms with van der Waals surface area (Å²) in [7, 11) is 1.49. The molecule has 23 atom stereocenters. The molecule has 0 spiro atoms. The largest absolute Gasteiger partial charge is 0.508 e. The first kappa shape index (κ1) is 89.6. The summed E-state index contributed by atoms with van der Waals surface area (Å²) in [5, 5.41) is 126. The van der Waals surface area contributed by atoms with E-state index in [-0.39, 0.29) is 87.7 Å². The maximum absolute atomic E-state index is 16.6. The number of halogens is 1. The van der Waals surface area contributed by atoms with Gasteiger partial charge in [0, 0.05) is 60.2 Å². The Labute approximate surface area is 695 Å². The summed E-state index contributed by atoms with van der Waals surface area (Å²) in [6.07, 6.45) is -18.7. The standard InChI is InChI=1S/C82H107ClN12O25/c1-35(2)24-48(87-8)73(106)93-63-65(101)41-16-20-52(47(83)26-41)116-54-28-42-27-53(69(54)120-80-70(67(103)66(102)55(34-96)117-80)119-58-33-82(7,86)72(105)38(5)114-58)115-44-17-13-39(14-18-44)68(118-57-32-81(6,85)71(104)37(4)113-57)64-79(112)92-62(75(108)88-21-11-23-95-22-10-9-12-36(95)3)46-29-43(97)30-51(99)59(46)45-25-40(15-19-50(45)98)60(76(109)94-64)91-77(110)61(42)90-74(107)49(31-56(84)100)89-78(63)111/h13-20,25-30,35-38,48-49,55,57-58,60-68,70-72,80,87,96-99,101-105H,9-12,21-24,31-34,85-86H2,1-8H3,(H2,84,100)(H,88,108)(H,89,111)(H,90,107)(H,91,110)(H,92,112)(H,93,106)(H,94,109)/t36?,37-,38-,48+,49-,55+,57-,58-,60+,61+,62-,63+,64-,65+,66+,67-,68+,70+,71-,72-,80-,81-,82-/m0/s1. The summed E-state index contributed by atoms with van der Waals surface area (Å²) in [5.41, 5.74) is 14.5. The zero-order valence-electron chi connectivity index (χ0n) is 67.4. The van der Waals surface area contributed by atoms with Crippen LogP contribution in [0.15, 0.2) is 84.9 Å². The minimum absolute atomic E-state index is 0.0192. The minimum atomic E-state index is -2.33. The van der Waals surface area contributed by atoms with Crippen molar-refractivity contribution in [1.29, 1.82) is 0 Å². The van der Waals surface area contributed by atoms with E-state index in [0.717, 1.165) is 68.3 Å². The molecule has 11 bridgehead atoms. The third-order valence-electron chi connectivity index (χ3n) is 22.9. The molecule has 652 valence electrons. The lowest BCUT2D eigenvalue weighted by Gasteiger charge is -2.47. The molecule has 9 heterocycles. The van der Waals surface area contributed by atoms with Gasteiger partial charge in [0.15, 0.2) is 30.2 Å². The number of benzene rings is 5. The van der Waals surface area contributed by atoms with Gasteiger partial charge in [-0.3, -0.25) is 38.4 Å². The van der Waals surface area contributed by atoms with Gasteiger partial charge in [0.1, 0.15) is 95.5 Å². The van der Waals surface area contributed by atoms with Crippen LogP contribution < -0.4 is 73.9 Å². The molecule has 23 N–H and O–H groups in total. The summed E-state index contributed by atoms with van der Waals surface area (Å²) in [6, 6.07) is 3.17. The van der Waals surface area contributed by atoms with Crippen molar-refractivity contribution in [3.05, 3.63) is 118 Å². The Balaban J connectivity index is 1.09. The van der Waals surface area contributed by atoms with Crippen LogP contribution in [0.4, 0.5) is 0 Å². The average molecular weight is 1700 g/mol. The number of carbonyl (C=O) groups is 8. The predicted molar refractivity (Wildman–Crippen MR) is 426 cm³/mol. The molecule has 1 unspecified atom stereocenters. The number of amides is 8. The second-order valence-corrected chi connectivity index (χ2v) is 33.2. The minimum Gasteiger partial charge on any atom is -0.508 e. The first-order valence-corrected chi connectivity index (χ1v) is 40.3. The van der Waals surface area contributed by atoms with Gasteiger partial charge in [-0.25, -0.2) is 0 Å². The number of nitrogens with zero attached hydrogens (tertiary/aromatic N) is 1. The van der Waals surface area contributed by atoms with Gasteiger partial charge in [-0.15, -0.1) is 0 Å². The molecule has 37 nitrogen and oxygen atoms in total. The number of primary amides is 1. The SMILES string of the molecule is CN[C@H](CC(C)C)C(=O)N[C@H]1C(=O)N[C@@H](CC(N)=O)C(=O)N[C@H]2C(=O)N[C@H]3C(=O)N[C@H](C(=O)N[C@H](C(=O)NCCCN4CCCCC4C)c4cc(O)cc(O)c4-c4cc3ccc4O)[C@H](O[C@H]3C[C@](C)(N)[C@@H](O)[C@H](C)O3)c3ccc(cc3)Oc3cc2cc(c3O[C@@H]2O[C@H](CO)[C@@H](O)[C@H](O)[C@H]2O[C@H]2C[C@](C)(N)[C@@H](O)[C@H](C)O2)Oc2ccc(cc2Cl)[C@H]1O. The number of nitrogens with one attached hydrogen (secondary N) is 8. The molecule has 9 aliphatic heterocycles. The maximum atomic E-state index is 16.6.